The number of aromatic nitrogens is 2. The summed E-state index contributed by atoms with van der Waals surface area (Å²) < 4.78 is 1.81. The first-order valence-electron chi connectivity index (χ1n) is 9.21. The van der Waals surface area contributed by atoms with Crippen molar-refractivity contribution in [2.45, 2.75) is 26.3 Å². The van der Waals surface area contributed by atoms with Gasteiger partial charge in [-0.3, -0.25) is 9.59 Å². The van der Waals surface area contributed by atoms with E-state index in [1.165, 1.54) is 6.92 Å². The number of rotatable bonds is 7. The van der Waals surface area contributed by atoms with E-state index < -0.39 is 0 Å². The molecule has 0 unspecified atom stereocenters. The van der Waals surface area contributed by atoms with Crippen molar-refractivity contribution in [1.29, 1.82) is 0 Å². The van der Waals surface area contributed by atoms with Crippen LogP contribution in [0.15, 0.2) is 67.0 Å². The van der Waals surface area contributed by atoms with E-state index in [4.69, 9.17) is 0 Å². The van der Waals surface area contributed by atoms with Crippen molar-refractivity contribution in [3.63, 3.8) is 0 Å². The minimum atomic E-state index is -0.0514. The summed E-state index contributed by atoms with van der Waals surface area (Å²) in [6.07, 6.45) is 4.73. The monoisotopic (exact) mass is 376 g/mol. The number of anilines is 1. The van der Waals surface area contributed by atoms with Crippen LogP contribution in [0, 0.1) is 0 Å². The van der Waals surface area contributed by atoms with Crippen LogP contribution in [0.5, 0.6) is 0 Å². The van der Waals surface area contributed by atoms with Crippen molar-refractivity contribution in [2.75, 3.05) is 12.4 Å². The topological polar surface area (TPSA) is 67.2 Å². The molecule has 0 spiro atoms. The molecule has 1 aromatic heterocycles. The van der Waals surface area contributed by atoms with E-state index in [0.717, 1.165) is 22.5 Å². The number of amides is 2. The zero-order chi connectivity index (χ0) is 19.9. The van der Waals surface area contributed by atoms with Gasteiger partial charge in [0.1, 0.15) is 0 Å². The van der Waals surface area contributed by atoms with Gasteiger partial charge in [0.15, 0.2) is 0 Å². The van der Waals surface area contributed by atoms with Gasteiger partial charge in [-0.05, 0) is 41.8 Å². The Morgan fingerprint density at radius 3 is 2.61 bits per heavy atom. The van der Waals surface area contributed by atoms with Crippen LogP contribution in [-0.4, -0.2) is 33.5 Å². The summed E-state index contributed by atoms with van der Waals surface area (Å²) in [5.74, 6) is -0.0463. The Morgan fingerprint density at radius 2 is 1.86 bits per heavy atom. The van der Waals surface area contributed by atoms with Crippen LogP contribution >= 0.6 is 0 Å². The first kappa shape index (κ1) is 19.4. The summed E-state index contributed by atoms with van der Waals surface area (Å²) in [4.78, 5) is 25.3. The molecular formula is C22H24N4O2. The highest BCUT2D eigenvalue weighted by Crippen LogP contribution is 2.14. The van der Waals surface area contributed by atoms with Gasteiger partial charge in [-0.25, -0.2) is 4.68 Å². The molecule has 1 N–H and O–H groups in total. The Kier molecular flexibility index (Phi) is 6.22. The summed E-state index contributed by atoms with van der Waals surface area (Å²) in [5.41, 5.74) is 3.71. The molecule has 0 aliphatic rings. The van der Waals surface area contributed by atoms with E-state index in [0.29, 0.717) is 19.4 Å². The van der Waals surface area contributed by atoms with Crippen LogP contribution in [0.1, 0.15) is 24.5 Å². The highest BCUT2D eigenvalue weighted by Gasteiger charge is 2.08. The number of hydrogen-bond donors (Lipinski definition) is 1. The second kappa shape index (κ2) is 8.99. The summed E-state index contributed by atoms with van der Waals surface area (Å²) in [7, 11) is 1.75. The van der Waals surface area contributed by atoms with Crippen molar-refractivity contribution in [3.05, 3.63) is 78.1 Å². The Hall–Kier alpha value is -3.41. The fourth-order valence-electron chi connectivity index (χ4n) is 2.83. The summed E-state index contributed by atoms with van der Waals surface area (Å²) in [6, 6.07) is 17.4. The molecule has 3 rings (SSSR count). The molecule has 0 aliphatic carbocycles. The first-order valence-corrected chi connectivity index (χ1v) is 9.21. The number of para-hydroxylation sites is 1. The average molecular weight is 376 g/mol. The van der Waals surface area contributed by atoms with Crippen molar-refractivity contribution in [3.8, 4) is 5.69 Å². The van der Waals surface area contributed by atoms with Gasteiger partial charge in [0.05, 0.1) is 11.9 Å². The molecular weight excluding hydrogens is 352 g/mol. The van der Waals surface area contributed by atoms with E-state index in [1.54, 1.807) is 18.1 Å². The van der Waals surface area contributed by atoms with Crippen LogP contribution < -0.4 is 5.32 Å². The van der Waals surface area contributed by atoms with Gasteiger partial charge in [-0.2, -0.15) is 5.10 Å². The smallest absolute Gasteiger partial charge is 0.224 e. The molecule has 0 atom stereocenters. The number of benzene rings is 2. The Balaban J connectivity index is 1.54. The van der Waals surface area contributed by atoms with Crippen LogP contribution in [-0.2, 0) is 22.6 Å². The third-order valence-electron chi connectivity index (χ3n) is 4.47. The number of nitrogens with zero attached hydrogens (tertiary/aromatic N) is 3. The molecule has 3 aromatic rings. The fraction of sp³-hybridized carbons (Fsp3) is 0.227. The zero-order valence-corrected chi connectivity index (χ0v) is 16.1. The molecule has 1 heterocycles. The Bertz CT molecular complexity index is 950. The molecule has 6 heteroatoms. The maximum atomic E-state index is 12.3. The van der Waals surface area contributed by atoms with E-state index in [-0.39, 0.29) is 11.8 Å². The molecule has 144 valence electrons. The van der Waals surface area contributed by atoms with Gasteiger partial charge in [-0.1, -0.05) is 30.3 Å². The lowest BCUT2D eigenvalue weighted by Gasteiger charge is -2.15. The van der Waals surface area contributed by atoms with E-state index in [2.05, 4.69) is 10.4 Å². The Labute approximate surface area is 164 Å². The third-order valence-corrected chi connectivity index (χ3v) is 4.47. The quantitative estimate of drug-likeness (QED) is 0.687. The highest BCUT2D eigenvalue weighted by molar-refractivity contribution is 5.90. The highest BCUT2D eigenvalue weighted by atomic mass is 16.2. The molecule has 0 radical (unpaired) electrons. The standard InChI is InChI=1S/C22H24N4O2/c1-17(27)25(2)15-18-7-6-8-20(13-18)24-22(28)12-11-19-14-23-26(16-19)21-9-4-3-5-10-21/h3-10,13-14,16H,11-12,15H2,1-2H3,(H,24,28). The molecule has 28 heavy (non-hydrogen) atoms. The van der Waals surface area contributed by atoms with Crippen LogP contribution in [0.2, 0.25) is 0 Å². The summed E-state index contributed by atoms with van der Waals surface area (Å²) >= 11 is 0. The van der Waals surface area contributed by atoms with E-state index in [1.807, 2.05) is 65.5 Å². The Morgan fingerprint density at radius 1 is 1.07 bits per heavy atom. The van der Waals surface area contributed by atoms with Gasteiger partial charge in [0, 0.05) is 38.8 Å². The van der Waals surface area contributed by atoms with E-state index >= 15 is 0 Å². The van der Waals surface area contributed by atoms with Gasteiger partial charge in [0.2, 0.25) is 11.8 Å². The van der Waals surface area contributed by atoms with Gasteiger partial charge >= 0.3 is 0 Å². The predicted octanol–water partition coefficient (Wildman–Crippen LogP) is 3.42. The van der Waals surface area contributed by atoms with Gasteiger partial charge < -0.3 is 10.2 Å². The second-order valence-electron chi connectivity index (χ2n) is 6.75. The molecule has 2 amide bonds. The minimum absolute atomic E-state index is 0.00508. The lowest BCUT2D eigenvalue weighted by atomic mass is 10.1. The number of carbonyl (C=O) groups is 2. The molecule has 0 bridgehead atoms. The molecule has 0 saturated carbocycles. The molecule has 6 nitrogen and oxygen atoms in total. The minimum Gasteiger partial charge on any atom is -0.342 e. The largest absolute Gasteiger partial charge is 0.342 e. The number of nitrogens with one attached hydrogen (secondary N) is 1. The number of carbonyl (C=O) groups excluding carboxylic acids is 2. The van der Waals surface area contributed by atoms with Crippen molar-refractivity contribution >= 4 is 17.5 Å². The van der Waals surface area contributed by atoms with Gasteiger partial charge in [-0.15, -0.1) is 0 Å². The van der Waals surface area contributed by atoms with Crippen molar-refractivity contribution in [2.24, 2.45) is 0 Å². The lowest BCUT2D eigenvalue weighted by Crippen LogP contribution is -2.23. The zero-order valence-electron chi connectivity index (χ0n) is 16.1. The second-order valence-corrected chi connectivity index (χ2v) is 6.75. The third kappa shape index (κ3) is 5.30. The van der Waals surface area contributed by atoms with Gasteiger partial charge in [0.25, 0.3) is 0 Å². The summed E-state index contributed by atoms with van der Waals surface area (Å²) in [5, 5.41) is 7.28. The van der Waals surface area contributed by atoms with Crippen molar-refractivity contribution in [1.82, 2.24) is 14.7 Å². The fourth-order valence-corrected chi connectivity index (χ4v) is 2.83. The first-order chi connectivity index (χ1) is 13.5. The van der Waals surface area contributed by atoms with Crippen LogP contribution in [0.25, 0.3) is 5.69 Å². The van der Waals surface area contributed by atoms with E-state index in [9.17, 15) is 9.59 Å². The maximum absolute atomic E-state index is 12.3. The maximum Gasteiger partial charge on any atom is 0.224 e. The normalized spacial score (nSPS) is 10.5. The van der Waals surface area contributed by atoms with Crippen LogP contribution in [0.4, 0.5) is 5.69 Å². The molecule has 0 saturated heterocycles. The average Bonchev–Trinajstić information content (AvgIpc) is 3.16. The predicted molar refractivity (Wildman–Crippen MR) is 109 cm³/mol. The molecule has 0 aliphatic heterocycles. The molecule has 0 fully saturated rings. The number of aryl methyl sites for hydroxylation is 1. The SMILES string of the molecule is CC(=O)N(C)Cc1cccc(NC(=O)CCc2cnn(-c3ccccc3)c2)c1. The summed E-state index contributed by atoms with van der Waals surface area (Å²) in [6.45, 7) is 2.04. The lowest BCUT2D eigenvalue weighted by molar-refractivity contribution is -0.128. The van der Waals surface area contributed by atoms with Crippen LogP contribution in [0.3, 0.4) is 0 Å². The number of hydrogen-bond acceptors (Lipinski definition) is 3. The molecule has 2 aromatic carbocycles. The van der Waals surface area contributed by atoms with Crippen molar-refractivity contribution < 1.29 is 9.59 Å².